The van der Waals surface area contributed by atoms with Gasteiger partial charge in [0.15, 0.2) is 11.7 Å². The van der Waals surface area contributed by atoms with Crippen LogP contribution < -0.4 is 5.69 Å². The van der Waals surface area contributed by atoms with E-state index in [0.29, 0.717) is 13.2 Å². The van der Waals surface area contributed by atoms with E-state index in [1.165, 1.54) is 36.7 Å². The molecule has 136 valence electrons. The smallest absolute Gasteiger partial charge is 0.351 e. The van der Waals surface area contributed by atoms with Crippen LogP contribution in [0.3, 0.4) is 0 Å². The molecule has 0 bridgehead atoms. The highest BCUT2D eigenvalue weighted by Gasteiger charge is 2.30. The Balaban J connectivity index is 2.14. The highest BCUT2D eigenvalue weighted by molar-refractivity contribution is 7.89. The van der Waals surface area contributed by atoms with E-state index in [2.05, 4.69) is 9.84 Å². The Morgan fingerprint density at radius 2 is 2.04 bits per heavy atom. The van der Waals surface area contributed by atoms with Gasteiger partial charge in [-0.1, -0.05) is 0 Å². The Kier molecular flexibility index (Phi) is 4.62. The molecule has 0 spiro atoms. The van der Waals surface area contributed by atoms with Gasteiger partial charge >= 0.3 is 11.7 Å². The Morgan fingerprint density at radius 1 is 1.36 bits per heavy atom. The van der Waals surface area contributed by atoms with Crippen molar-refractivity contribution in [2.45, 2.75) is 17.9 Å². The number of morpholine rings is 1. The number of hydrogen-bond acceptors (Lipinski definition) is 7. The van der Waals surface area contributed by atoms with Gasteiger partial charge in [-0.05, 0) is 19.1 Å². The first kappa shape index (κ1) is 17.6. The second-order valence-electron chi connectivity index (χ2n) is 5.51. The number of pyridine rings is 1. The molecule has 1 aliphatic heterocycles. The second-order valence-corrected chi connectivity index (χ2v) is 7.42. The van der Waals surface area contributed by atoms with E-state index in [1.54, 1.807) is 0 Å². The number of rotatable bonds is 4. The van der Waals surface area contributed by atoms with E-state index in [1.807, 2.05) is 0 Å². The Bertz CT molecular complexity index is 957. The van der Waals surface area contributed by atoms with Gasteiger partial charge in [0, 0.05) is 19.3 Å². The molecule has 0 aliphatic carbocycles. The fourth-order valence-corrected chi connectivity index (χ4v) is 4.17. The lowest BCUT2D eigenvalue weighted by Crippen LogP contribution is -2.40. The zero-order valence-electron chi connectivity index (χ0n) is 13.8. The Morgan fingerprint density at radius 3 is 2.68 bits per heavy atom. The largest absolute Gasteiger partial charge is 0.467 e. The maximum absolute atomic E-state index is 12.9. The van der Waals surface area contributed by atoms with Crippen molar-refractivity contribution in [1.29, 1.82) is 0 Å². The third-order valence-corrected chi connectivity index (χ3v) is 5.95. The van der Waals surface area contributed by atoms with E-state index < -0.39 is 27.7 Å². The van der Waals surface area contributed by atoms with Gasteiger partial charge in [0.2, 0.25) is 10.0 Å². The highest BCUT2D eigenvalue weighted by Crippen LogP contribution is 2.20. The summed E-state index contributed by atoms with van der Waals surface area (Å²) in [6.45, 7) is 2.53. The van der Waals surface area contributed by atoms with Crippen LogP contribution in [0.4, 0.5) is 0 Å². The Labute approximate surface area is 143 Å². The topological polar surface area (TPSA) is 112 Å². The zero-order chi connectivity index (χ0) is 18.2. The summed E-state index contributed by atoms with van der Waals surface area (Å²) in [5.41, 5.74) is -0.651. The summed E-state index contributed by atoms with van der Waals surface area (Å²) in [4.78, 5) is 24.1. The number of ether oxygens (including phenoxy) is 2. The van der Waals surface area contributed by atoms with Crippen LogP contribution in [-0.2, 0) is 24.3 Å². The average Bonchev–Trinajstić information content (AvgIpc) is 2.98. The van der Waals surface area contributed by atoms with Crippen LogP contribution in [0, 0.1) is 0 Å². The standard InChI is InChI=1S/C14H18N4O6S/c1-10(13(19)23-2)18-14(20)17-5-3-4-11(12(17)15-18)25(21,22)16-6-8-24-9-7-16/h3-5,10H,6-9H2,1-2H3. The van der Waals surface area contributed by atoms with Crippen LogP contribution in [-0.4, -0.2) is 66.3 Å². The predicted octanol–water partition coefficient (Wildman–Crippen LogP) is -0.749. The van der Waals surface area contributed by atoms with Crippen molar-refractivity contribution in [2.75, 3.05) is 33.4 Å². The summed E-state index contributed by atoms with van der Waals surface area (Å²) in [5, 5.41) is 4.07. The van der Waals surface area contributed by atoms with Gasteiger partial charge in [0.25, 0.3) is 0 Å². The van der Waals surface area contributed by atoms with Gasteiger partial charge in [-0.3, -0.25) is 0 Å². The molecule has 0 aromatic carbocycles. The molecular formula is C14H18N4O6S. The minimum Gasteiger partial charge on any atom is -0.467 e. The average molecular weight is 370 g/mol. The number of esters is 1. The van der Waals surface area contributed by atoms with Crippen molar-refractivity contribution in [2.24, 2.45) is 0 Å². The van der Waals surface area contributed by atoms with Crippen molar-refractivity contribution in [3.8, 4) is 0 Å². The molecule has 10 nitrogen and oxygen atoms in total. The number of carbonyl (C=O) groups is 1. The van der Waals surface area contributed by atoms with E-state index in [4.69, 9.17) is 4.74 Å². The molecule has 2 aromatic heterocycles. The summed E-state index contributed by atoms with van der Waals surface area (Å²) in [5.74, 6) is -0.650. The van der Waals surface area contributed by atoms with E-state index in [9.17, 15) is 18.0 Å². The lowest BCUT2D eigenvalue weighted by atomic mass is 10.3. The van der Waals surface area contributed by atoms with Crippen LogP contribution in [0.1, 0.15) is 13.0 Å². The fraction of sp³-hybridized carbons (Fsp3) is 0.500. The predicted molar refractivity (Wildman–Crippen MR) is 85.8 cm³/mol. The molecule has 11 heteroatoms. The lowest BCUT2D eigenvalue weighted by molar-refractivity contribution is -0.144. The summed E-state index contributed by atoms with van der Waals surface area (Å²) in [6, 6.07) is 1.87. The molecular weight excluding hydrogens is 352 g/mol. The number of methoxy groups -OCH3 is 1. The maximum atomic E-state index is 12.9. The van der Waals surface area contributed by atoms with Crippen molar-refractivity contribution in [3.05, 3.63) is 28.8 Å². The minimum absolute atomic E-state index is 0.0326. The lowest BCUT2D eigenvalue weighted by Gasteiger charge is -2.25. The van der Waals surface area contributed by atoms with Crippen LogP contribution in [0.2, 0.25) is 0 Å². The number of sulfonamides is 1. The number of fused-ring (bicyclic) bond motifs is 1. The molecule has 25 heavy (non-hydrogen) atoms. The van der Waals surface area contributed by atoms with Gasteiger partial charge in [-0.2, -0.15) is 8.99 Å². The first-order valence-corrected chi connectivity index (χ1v) is 9.07. The van der Waals surface area contributed by atoms with Gasteiger partial charge in [0.05, 0.1) is 20.3 Å². The first-order chi connectivity index (χ1) is 11.9. The fourth-order valence-electron chi connectivity index (χ4n) is 2.64. The monoisotopic (exact) mass is 370 g/mol. The molecule has 0 amide bonds. The Hall–Kier alpha value is -2.24. The molecule has 0 N–H and O–H groups in total. The van der Waals surface area contributed by atoms with Crippen LogP contribution in [0.25, 0.3) is 5.65 Å². The molecule has 2 aromatic rings. The molecule has 0 saturated carbocycles. The first-order valence-electron chi connectivity index (χ1n) is 7.63. The summed E-state index contributed by atoms with van der Waals surface area (Å²) in [7, 11) is -2.64. The van der Waals surface area contributed by atoms with Gasteiger partial charge < -0.3 is 9.47 Å². The summed E-state index contributed by atoms with van der Waals surface area (Å²) in [6.07, 6.45) is 1.41. The number of hydrogen-bond donors (Lipinski definition) is 0. The molecule has 1 fully saturated rings. The number of carbonyl (C=O) groups excluding carboxylic acids is 1. The molecule has 3 heterocycles. The van der Waals surface area contributed by atoms with E-state index in [-0.39, 0.29) is 23.6 Å². The van der Waals surface area contributed by atoms with Gasteiger partial charge in [-0.15, -0.1) is 5.10 Å². The molecule has 3 rings (SSSR count). The van der Waals surface area contributed by atoms with E-state index >= 15 is 0 Å². The number of nitrogens with zero attached hydrogens (tertiary/aromatic N) is 4. The van der Waals surface area contributed by atoms with E-state index in [0.717, 1.165) is 9.08 Å². The van der Waals surface area contributed by atoms with Crippen molar-refractivity contribution in [1.82, 2.24) is 18.5 Å². The third kappa shape index (κ3) is 2.94. The van der Waals surface area contributed by atoms with Gasteiger partial charge in [0.1, 0.15) is 4.90 Å². The zero-order valence-corrected chi connectivity index (χ0v) is 14.6. The van der Waals surface area contributed by atoms with Crippen molar-refractivity contribution < 1.29 is 22.7 Å². The molecule has 0 radical (unpaired) electrons. The van der Waals surface area contributed by atoms with Crippen LogP contribution >= 0.6 is 0 Å². The molecule has 1 aliphatic rings. The third-order valence-electron chi connectivity index (χ3n) is 4.03. The molecule has 1 unspecified atom stereocenters. The maximum Gasteiger partial charge on any atom is 0.351 e. The quantitative estimate of drug-likeness (QED) is 0.651. The van der Waals surface area contributed by atoms with Crippen LogP contribution in [0.15, 0.2) is 28.0 Å². The number of aromatic nitrogens is 3. The minimum atomic E-state index is -3.84. The summed E-state index contributed by atoms with van der Waals surface area (Å²) >= 11 is 0. The second kappa shape index (κ2) is 6.58. The van der Waals surface area contributed by atoms with Crippen molar-refractivity contribution in [3.63, 3.8) is 0 Å². The van der Waals surface area contributed by atoms with Crippen molar-refractivity contribution >= 4 is 21.6 Å². The SMILES string of the molecule is COC(=O)C(C)n1nc2c(S(=O)(=O)N3CCOCC3)cccn2c1=O. The van der Waals surface area contributed by atoms with Gasteiger partial charge in [-0.25, -0.2) is 22.4 Å². The highest BCUT2D eigenvalue weighted by atomic mass is 32.2. The summed E-state index contributed by atoms with van der Waals surface area (Å²) < 4.78 is 38.9. The molecule has 1 saturated heterocycles. The molecule has 1 atom stereocenters. The normalized spacial score (nSPS) is 17.5. The van der Waals surface area contributed by atoms with Crippen LogP contribution in [0.5, 0.6) is 0 Å².